The van der Waals surface area contributed by atoms with E-state index in [1.54, 1.807) is 0 Å². The molecule has 0 aliphatic carbocycles. The lowest BCUT2D eigenvalue weighted by molar-refractivity contribution is -0.286. The lowest BCUT2D eigenvalue weighted by Crippen LogP contribution is -2.58. The van der Waals surface area contributed by atoms with Crippen LogP contribution in [0.5, 0.6) is 0 Å². The third-order valence-corrected chi connectivity index (χ3v) is 2.90. The first kappa shape index (κ1) is 12.9. The van der Waals surface area contributed by atoms with Crippen LogP contribution in [0, 0.1) is 11.3 Å². The minimum atomic E-state index is -1.17. The van der Waals surface area contributed by atoms with Crippen molar-refractivity contribution in [3.05, 3.63) is 0 Å². The number of ether oxygens (including phenoxy) is 1. The van der Waals surface area contributed by atoms with Crippen molar-refractivity contribution in [2.45, 2.75) is 45.4 Å². The van der Waals surface area contributed by atoms with Crippen LogP contribution in [0.3, 0.4) is 0 Å². The molecule has 1 heterocycles. The average molecular weight is 220 g/mol. The number of hydrogen-bond donors (Lipinski definition) is 4. The highest BCUT2D eigenvalue weighted by Gasteiger charge is 2.48. The van der Waals surface area contributed by atoms with E-state index in [1.807, 2.05) is 20.8 Å². The summed E-state index contributed by atoms with van der Waals surface area (Å²) in [6.45, 7) is 5.12. The molecule has 0 aromatic heterocycles. The number of hydrogen-bond acceptors (Lipinski definition) is 5. The maximum absolute atomic E-state index is 9.84. The van der Waals surface area contributed by atoms with Gasteiger partial charge in [0.25, 0.3) is 0 Å². The molecule has 5 heteroatoms. The molecule has 1 aliphatic rings. The first-order valence-electron chi connectivity index (χ1n) is 5.09. The van der Waals surface area contributed by atoms with Gasteiger partial charge < -0.3 is 25.2 Å². The molecule has 0 spiro atoms. The monoisotopic (exact) mass is 220 g/mol. The third-order valence-electron chi connectivity index (χ3n) is 2.90. The van der Waals surface area contributed by atoms with Crippen LogP contribution in [0.15, 0.2) is 0 Å². The SMILES string of the molecule is CC(C)(C)C1[C@H](O)O[C@@H](CO)[C@@H](O)[C@H]1O. The molecular weight excluding hydrogens is 200 g/mol. The lowest BCUT2D eigenvalue weighted by Gasteiger charge is -2.45. The molecule has 15 heavy (non-hydrogen) atoms. The molecule has 1 aliphatic heterocycles. The van der Waals surface area contributed by atoms with E-state index in [2.05, 4.69) is 0 Å². The van der Waals surface area contributed by atoms with Crippen molar-refractivity contribution < 1.29 is 25.2 Å². The van der Waals surface area contributed by atoms with Crippen LogP contribution in [0.1, 0.15) is 20.8 Å². The van der Waals surface area contributed by atoms with Gasteiger partial charge >= 0.3 is 0 Å². The third kappa shape index (κ3) is 2.49. The smallest absolute Gasteiger partial charge is 0.161 e. The fourth-order valence-corrected chi connectivity index (χ4v) is 2.04. The van der Waals surface area contributed by atoms with E-state index < -0.39 is 37.1 Å². The normalized spacial score (nSPS) is 43.0. The Hall–Kier alpha value is -0.200. The second kappa shape index (κ2) is 4.35. The second-order valence-electron chi connectivity index (χ2n) is 5.12. The Kier molecular flexibility index (Phi) is 3.73. The largest absolute Gasteiger partial charge is 0.394 e. The van der Waals surface area contributed by atoms with Gasteiger partial charge in [0.2, 0.25) is 0 Å². The van der Waals surface area contributed by atoms with Gasteiger partial charge in [-0.15, -0.1) is 0 Å². The van der Waals surface area contributed by atoms with Gasteiger partial charge in [0.15, 0.2) is 6.29 Å². The highest BCUT2D eigenvalue weighted by molar-refractivity contribution is 4.93. The van der Waals surface area contributed by atoms with E-state index in [0.29, 0.717) is 0 Å². The number of rotatable bonds is 1. The van der Waals surface area contributed by atoms with Crippen molar-refractivity contribution in [3.63, 3.8) is 0 Å². The Morgan fingerprint density at radius 3 is 2.00 bits per heavy atom. The van der Waals surface area contributed by atoms with Gasteiger partial charge in [-0.25, -0.2) is 0 Å². The zero-order valence-corrected chi connectivity index (χ0v) is 9.29. The van der Waals surface area contributed by atoms with Crippen molar-refractivity contribution in [2.24, 2.45) is 11.3 Å². The highest BCUT2D eigenvalue weighted by Crippen LogP contribution is 2.37. The van der Waals surface area contributed by atoms with E-state index in [-0.39, 0.29) is 5.41 Å². The molecule has 0 amide bonds. The molecule has 0 bridgehead atoms. The zero-order chi connectivity index (χ0) is 11.8. The molecular formula is C10H20O5. The van der Waals surface area contributed by atoms with Gasteiger partial charge in [-0.3, -0.25) is 0 Å². The summed E-state index contributed by atoms with van der Waals surface area (Å²) in [6, 6.07) is 0. The topological polar surface area (TPSA) is 90.2 Å². The van der Waals surface area contributed by atoms with Crippen molar-refractivity contribution in [1.82, 2.24) is 0 Å². The fourth-order valence-electron chi connectivity index (χ4n) is 2.04. The van der Waals surface area contributed by atoms with Crippen LogP contribution in [0.4, 0.5) is 0 Å². The van der Waals surface area contributed by atoms with Crippen molar-refractivity contribution >= 4 is 0 Å². The summed E-state index contributed by atoms with van der Waals surface area (Å²) in [7, 11) is 0. The first-order chi connectivity index (χ1) is 6.79. The molecule has 1 fully saturated rings. The van der Waals surface area contributed by atoms with Gasteiger partial charge in [0.1, 0.15) is 12.2 Å². The molecule has 1 saturated heterocycles. The molecule has 0 aromatic rings. The Balaban J connectivity index is 2.84. The minimum Gasteiger partial charge on any atom is -0.394 e. The van der Waals surface area contributed by atoms with Crippen LogP contribution < -0.4 is 0 Å². The zero-order valence-electron chi connectivity index (χ0n) is 9.29. The summed E-state index contributed by atoms with van der Waals surface area (Å²) >= 11 is 0. The van der Waals surface area contributed by atoms with E-state index in [9.17, 15) is 15.3 Å². The van der Waals surface area contributed by atoms with Gasteiger partial charge in [-0.05, 0) is 5.41 Å². The number of aliphatic hydroxyl groups excluding tert-OH is 4. The predicted octanol–water partition coefficient (Wildman–Crippen LogP) is -0.920. The van der Waals surface area contributed by atoms with Crippen LogP contribution in [0.2, 0.25) is 0 Å². The van der Waals surface area contributed by atoms with E-state index in [0.717, 1.165) is 0 Å². The molecule has 1 rings (SSSR count). The molecule has 4 N–H and O–H groups in total. The minimum absolute atomic E-state index is 0.389. The summed E-state index contributed by atoms with van der Waals surface area (Å²) in [6.07, 6.45) is -4.34. The van der Waals surface area contributed by atoms with E-state index in [4.69, 9.17) is 9.84 Å². The summed E-state index contributed by atoms with van der Waals surface area (Å²) in [5, 5.41) is 38.1. The van der Waals surface area contributed by atoms with Crippen LogP contribution in [-0.4, -0.2) is 51.6 Å². The summed E-state index contributed by atoms with van der Waals surface area (Å²) in [4.78, 5) is 0. The van der Waals surface area contributed by atoms with Crippen molar-refractivity contribution in [3.8, 4) is 0 Å². The van der Waals surface area contributed by atoms with Gasteiger partial charge in [0.05, 0.1) is 12.7 Å². The molecule has 1 unspecified atom stereocenters. The van der Waals surface area contributed by atoms with Crippen molar-refractivity contribution in [2.75, 3.05) is 6.61 Å². The van der Waals surface area contributed by atoms with Crippen molar-refractivity contribution in [1.29, 1.82) is 0 Å². The standard InChI is InChI=1S/C10H20O5/c1-10(2,3)6-8(13)7(12)5(4-11)15-9(6)14/h5-9,11-14H,4H2,1-3H3/t5-,6?,7+,8-,9+/m0/s1. The van der Waals surface area contributed by atoms with Gasteiger partial charge in [-0.2, -0.15) is 0 Å². The first-order valence-corrected chi connectivity index (χ1v) is 5.09. The Morgan fingerprint density at radius 2 is 1.60 bits per heavy atom. The molecule has 5 atom stereocenters. The molecule has 5 nitrogen and oxygen atoms in total. The molecule has 0 saturated carbocycles. The Labute approximate surface area is 89.3 Å². The van der Waals surface area contributed by atoms with E-state index in [1.165, 1.54) is 0 Å². The maximum Gasteiger partial charge on any atom is 0.161 e. The van der Waals surface area contributed by atoms with Gasteiger partial charge in [0, 0.05) is 5.92 Å². The Morgan fingerprint density at radius 1 is 1.07 bits per heavy atom. The summed E-state index contributed by atoms with van der Waals surface area (Å²) in [5.74, 6) is -0.574. The molecule has 90 valence electrons. The van der Waals surface area contributed by atoms with Crippen LogP contribution >= 0.6 is 0 Å². The average Bonchev–Trinajstić information content (AvgIpc) is 2.09. The fraction of sp³-hybridized carbons (Fsp3) is 1.00. The van der Waals surface area contributed by atoms with Gasteiger partial charge in [-0.1, -0.05) is 20.8 Å². The quantitative estimate of drug-likeness (QED) is 0.459. The van der Waals surface area contributed by atoms with Crippen LogP contribution in [0.25, 0.3) is 0 Å². The van der Waals surface area contributed by atoms with Crippen LogP contribution in [-0.2, 0) is 4.74 Å². The lowest BCUT2D eigenvalue weighted by atomic mass is 9.73. The predicted molar refractivity (Wildman–Crippen MR) is 52.9 cm³/mol. The summed E-state index contributed by atoms with van der Waals surface area (Å²) in [5.41, 5.74) is -0.389. The summed E-state index contributed by atoms with van der Waals surface area (Å²) < 4.78 is 5.05. The maximum atomic E-state index is 9.84. The molecule has 0 radical (unpaired) electrons. The second-order valence-corrected chi connectivity index (χ2v) is 5.12. The highest BCUT2D eigenvalue weighted by atomic mass is 16.6. The van der Waals surface area contributed by atoms with E-state index >= 15 is 0 Å². The molecule has 0 aromatic carbocycles. The Bertz CT molecular complexity index is 212. The number of aliphatic hydroxyl groups is 4.